The van der Waals surface area contributed by atoms with Crippen molar-refractivity contribution in [2.45, 2.75) is 19.4 Å². The molecule has 0 saturated carbocycles. The molecule has 0 aromatic heterocycles. The number of nitrogens with zero attached hydrogens (tertiary/aromatic N) is 1. The molecule has 1 amide bonds. The highest BCUT2D eigenvalue weighted by Gasteiger charge is 2.31. The summed E-state index contributed by atoms with van der Waals surface area (Å²) in [5.74, 6) is -0.938. The summed E-state index contributed by atoms with van der Waals surface area (Å²) < 4.78 is 56.9. The van der Waals surface area contributed by atoms with E-state index in [0.29, 0.717) is 5.75 Å². The predicted molar refractivity (Wildman–Crippen MR) is 103 cm³/mol. The molecule has 2 aromatic rings. The van der Waals surface area contributed by atoms with Crippen LogP contribution in [0.2, 0.25) is 0 Å². The molecule has 0 aliphatic heterocycles. The third-order valence-electron chi connectivity index (χ3n) is 3.89. The average Bonchev–Trinajstić information content (AvgIpc) is 2.64. The van der Waals surface area contributed by atoms with E-state index in [1.165, 1.54) is 36.4 Å². The van der Waals surface area contributed by atoms with Gasteiger partial charge in [-0.05, 0) is 55.0 Å². The summed E-state index contributed by atoms with van der Waals surface area (Å²) in [5.41, 5.74) is 0.202. The smallest absolute Gasteiger partial charge is 0.244 e. The van der Waals surface area contributed by atoms with Crippen LogP contribution in [0.1, 0.15) is 13.3 Å². The van der Waals surface area contributed by atoms with Gasteiger partial charge in [-0.1, -0.05) is 6.92 Å². The van der Waals surface area contributed by atoms with E-state index in [1.807, 2.05) is 0 Å². The van der Waals surface area contributed by atoms with Crippen molar-refractivity contribution in [1.29, 1.82) is 0 Å². The number of anilines is 1. The van der Waals surface area contributed by atoms with Gasteiger partial charge in [0, 0.05) is 0 Å². The number of carbonyl (C=O) groups is 1. The second-order valence-electron chi connectivity index (χ2n) is 6.05. The molecule has 0 aliphatic carbocycles. The van der Waals surface area contributed by atoms with Gasteiger partial charge in [-0.15, -0.1) is 0 Å². The Morgan fingerprint density at radius 2 is 1.61 bits per heavy atom. The van der Waals surface area contributed by atoms with Crippen LogP contribution in [0, 0.1) is 11.6 Å². The summed E-state index contributed by atoms with van der Waals surface area (Å²) in [4.78, 5) is 12.6. The van der Waals surface area contributed by atoms with Gasteiger partial charge in [-0.2, -0.15) is 0 Å². The van der Waals surface area contributed by atoms with Gasteiger partial charge in [0.2, 0.25) is 15.9 Å². The average molecular weight is 412 g/mol. The Morgan fingerprint density at radius 1 is 1.07 bits per heavy atom. The number of nitrogens with one attached hydrogen (secondary N) is 1. The molecule has 2 aromatic carbocycles. The molecule has 0 fully saturated rings. The highest BCUT2D eigenvalue weighted by Crippen LogP contribution is 2.22. The molecule has 2 rings (SSSR count). The van der Waals surface area contributed by atoms with Crippen molar-refractivity contribution in [3.63, 3.8) is 0 Å². The standard InChI is InChI=1S/C19H22F2N2O4S/c1-3-18(23(28(2,25)26)16-8-4-14(20)5-9-16)19(24)22-12-13-27-17-10-6-15(21)7-11-17/h4-11,18H,3,12-13H2,1-2H3,(H,22,24)/t18-/m0/s1. The van der Waals surface area contributed by atoms with E-state index in [2.05, 4.69) is 5.32 Å². The number of ether oxygens (including phenoxy) is 1. The molecule has 0 saturated heterocycles. The minimum atomic E-state index is -3.78. The van der Waals surface area contributed by atoms with E-state index in [-0.39, 0.29) is 31.1 Å². The summed E-state index contributed by atoms with van der Waals surface area (Å²) in [7, 11) is -3.78. The van der Waals surface area contributed by atoms with E-state index in [9.17, 15) is 22.0 Å². The maximum absolute atomic E-state index is 13.2. The fourth-order valence-electron chi connectivity index (χ4n) is 2.64. The van der Waals surface area contributed by atoms with E-state index in [4.69, 9.17) is 4.74 Å². The molecule has 0 heterocycles. The maximum atomic E-state index is 13.2. The number of hydrogen-bond donors (Lipinski definition) is 1. The molecular formula is C19H22F2N2O4S. The molecule has 0 spiro atoms. The zero-order valence-electron chi connectivity index (χ0n) is 15.6. The molecule has 0 unspecified atom stereocenters. The Hall–Kier alpha value is -2.68. The minimum absolute atomic E-state index is 0.128. The number of sulfonamides is 1. The molecular weight excluding hydrogens is 390 g/mol. The van der Waals surface area contributed by atoms with E-state index in [0.717, 1.165) is 22.7 Å². The number of rotatable bonds is 9. The van der Waals surface area contributed by atoms with E-state index < -0.39 is 27.8 Å². The summed E-state index contributed by atoms with van der Waals surface area (Å²) in [6, 6.07) is 9.34. The summed E-state index contributed by atoms with van der Waals surface area (Å²) in [6.45, 7) is 1.94. The van der Waals surface area contributed by atoms with Crippen molar-refractivity contribution in [2.75, 3.05) is 23.7 Å². The zero-order chi connectivity index (χ0) is 20.7. The SMILES string of the molecule is CC[C@@H](C(=O)NCCOc1ccc(F)cc1)N(c1ccc(F)cc1)S(C)(=O)=O. The van der Waals surface area contributed by atoms with Gasteiger partial charge >= 0.3 is 0 Å². The number of hydrogen-bond acceptors (Lipinski definition) is 4. The number of benzene rings is 2. The van der Waals surface area contributed by atoms with Crippen molar-refractivity contribution >= 4 is 21.6 Å². The lowest BCUT2D eigenvalue weighted by Gasteiger charge is -2.30. The molecule has 0 radical (unpaired) electrons. The highest BCUT2D eigenvalue weighted by molar-refractivity contribution is 7.92. The Bertz CT molecular complexity index is 887. The Labute approximate surface area is 163 Å². The van der Waals surface area contributed by atoms with Crippen LogP contribution in [-0.2, 0) is 14.8 Å². The van der Waals surface area contributed by atoms with Crippen LogP contribution in [-0.4, -0.2) is 39.8 Å². The van der Waals surface area contributed by atoms with Crippen LogP contribution in [0.15, 0.2) is 48.5 Å². The molecule has 0 aliphatic rings. The summed E-state index contributed by atoms with van der Waals surface area (Å²) in [5, 5.41) is 2.63. The van der Waals surface area contributed by atoms with Gasteiger partial charge in [-0.25, -0.2) is 17.2 Å². The van der Waals surface area contributed by atoms with Gasteiger partial charge in [0.1, 0.15) is 30.0 Å². The minimum Gasteiger partial charge on any atom is -0.492 e. The number of carbonyl (C=O) groups excluding carboxylic acids is 1. The first kappa shape index (κ1) is 21.6. The molecule has 152 valence electrons. The monoisotopic (exact) mass is 412 g/mol. The van der Waals surface area contributed by atoms with Crippen LogP contribution < -0.4 is 14.4 Å². The first-order chi connectivity index (χ1) is 13.2. The second kappa shape index (κ2) is 9.50. The van der Waals surface area contributed by atoms with Crippen LogP contribution in [0.3, 0.4) is 0 Å². The van der Waals surface area contributed by atoms with Gasteiger partial charge in [0.05, 0.1) is 18.5 Å². The van der Waals surface area contributed by atoms with Gasteiger partial charge in [-0.3, -0.25) is 9.10 Å². The maximum Gasteiger partial charge on any atom is 0.244 e. The van der Waals surface area contributed by atoms with Crippen molar-refractivity contribution in [3.8, 4) is 5.75 Å². The van der Waals surface area contributed by atoms with Crippen molar-refractivity contribution in [2.24, 2.45) is 0 Å². The molecule has 1 atom stereocenters. The first-order valence-electron chi connectivity index (χ1n) is 8.63. The lowest BCUT2D eigenvalue weighted by Crippen LogP contribution is -2.50. The molecule has 9 heteroatoms. The van der Waals surface area contributed by atoms with Crippen molar-refractivity contribution in [1.82, 2.24) is 5.32 Å². The summed E-state index contributed by atoms with van der Waals surface area (Å²) >= 11 is 0. The third kappa shape index (κ3) is 5.91. The highest BCUT2D eigenvalue weighted by atomic mass is 32.2. The number of amides is 1. The molecule has 1 N–H and O–H groups in total. The van der Waals surface area contributed by atoms with Gasteiger partial charge in [0.15, 0.2) is 0 Å². The normalized spacial score (nSPS) is 12.3. The predicted octanol–water partition coefficient (Wildman–Crippen LogP) is 2.70. The number of halogens is 2. The largest absolute Gasteiger partial charge is 0.492 e. The van der Waals surface area contributed by atoms with E-state index >= 15 is 0 Å². The molecule has 28 heavy (non-hydrogen) atoms. The van der Waals surface area contributed by atoms with Crippen LogP contribution in [0.4, 0.5) is 14.5 Å². The Morgan fingerprint density at radius 3 is 2.11 bits per heavy atom. The Kier molecular flexibility index (Phi) is 7.33. The lowest BCUT2D eigenvalue weighted by molar-refractivity contribution is -0.122. The van der Waals surface area contributed by atoms with Crippen molar-refractivity contribution < 1.29 is 26.7 Å². The van der Waals surface area contributed by atoms with Gasteiger partial charge < -0.3 is 10.1 Å². The lowest BCUT2D eigenvalue weighted by atomic mass is 10.2. The summed E-state index contributed by atoms with van der Waals surface area (Å²) in [6.07, 6.45) is 1.21. The van der Waals surface area contributed by atoms with Crippen LogP contribution in [0.25, 0.3) is 0 Å². The first-order valence-corrected chi connectivity index (χ1v) is 10.5. The quantitative estimate of drug-likeness (QED) is 0.643. The van der Waals surface area contributed by atoms with E-state index in [1.54, 1.807) is 6.92 Å². The topological polar surface area (TPSA) is 75.7 Å². The molecule has 0 bridgehead atoms. The Balaban J connectivity index is 2.02. The van der Waals surface area contributed by atoms with Crippen LogP contribution >= 0.6 is 0 Å². The van der Waals surface area contributed by atoms with Crippen molar-refractivity contribution in [3.05, 3.63) is 60.2 Å². The second-order valence-corrected chi connectivity index (χ2v) is 7.91. The zero-order valence-corrected chi connectivity index (χ0v) is 16.4. The third-order valence-corrected chi connectivity index (χ3v) is 5.07. The fraction of sp³-hybridized carbons (Fsp3) is 0.316. The molecule has 6 nitrogen and oxygen atoms in total. The fourth-order valence-corrected chi connectivity index (χ4v) is 3.85. The van der Waals surface area contributed by atoms with Crippen LogP contribution in [0.5, 0.6) is 5.75 Å². The van der Waals surface area contributed by atoms with Gasteiger partial charge in [0.25, 0.3) is 0 Å².